The van der Waals surface area contributed by atoms with Gasteiger partial charge < -0.3 is 19.5 Å². The summed E-state index contributed by atoms with van der Waals surface area (Å²) in [6.07, 6.45) is 7.59. The quantitative estimate of drug-likeness (QED) is 0.159. The molecule has 0 aliphatic heterocycles. The van der Waals surface area contributed by atoms with Crippen molar-refractivity contribution in [2.75, 3.05) is 19.5 Å². The number of amides is 1. The Balaban J connectivity index is 1.29. The first-order chi connectivity index (χ1) is 19.9. The molecule has 41 heavy (non-hydrogen) atoms. The van der Waals surface area contributed by atoms with Crippen molar-refractivity contribution < 1.29 is 23.8 Å². The van der Waals surface area contributed by atoms with Crippen LogP contribution >= 0.6 is 22.9 Å². The van der Waals surface area contributed by atoms with Crippen LogP contribution in [0.3, 0.4) is 0 Å². The summed E-state index contributed by atoms with van der Waals surface area (Å²) < 4.78 is 16.5. The molecule has 0 saturated heterocycles. The first kappa shape index (κ1) is 28.5. The van der Waals surface area contributed by atoms with Crippen molar-refractivity contribution >= 4 is 45.9 Å². The monoisotopic (exact) mass is 587 g/mol. The minimum absolute atomic E-state index is 0.360. The Morgan fingerprint density at radius 3 is 2.49 bits per heavy atom. The second kappa shape index (κ2) is 13.1. The Kier molecular flexibility index (Phi) is 9.07. The molecule has 1 N–H and O–H groups in total. The van der Waals surface area contributed by atoms with Crippen LogP contribution in [0.4, 0.5) is 5.00 Å². The van der Waals surface area contributed by atoms with E-state index < -0.39 is 5.97 Å². The Morgan fingerprint density at radius 2 is 1.73 bits per heavy atom. The molecular weight excluding hydrogens is 558 g/mol. The summed E-state index contributed by atoms with van der Waals surface area (Å²) in [5.41, 5.74) is 6.49. The highest BCUT2D eigenvalue weighted by Crippen LogP contribution is 2.38. The summed E-state index contributed by atoms with van der Waals surface area (Å²) in [6, 6.07) is 19.2. The zero-order valence-corrected chi connectivity index (χ0v) is 24.4. The van der Waals surface area contributed by atoms with E-state index in [2.05, 4.69) is 17.4 Å². The third-order valence-corrected chi connectivity index (χ3v) is 8.15. The van der Waals surface area contributed by atoms with E-state index in [-0.39, 0.29) is 5.91 Å². The maximum Gasteiger partial charge on any atom is 0.341 e. The van der Waals surface area contributed by atoms with Crippen molar-refractivity contribution in [3.63, 3.8) is 0 Å². The highest BCUT2D eigenvalue weighted by atomic mass is 35.5. The zero-order chi connectivity index (χ0) is 28.8. The molecule has 0 radical (unpaired) electrons. The molecule has 0 fully saturated rings. The third kappa shape index (κ3) is 6.81. The van der Waals surface area contributed by atoms with E-state index in [0.29, 0.717) is 33.7 Å². The van der Waals surface area contributed by atoms with Gasteiger partial charge in [-0.3, -0.25) is 4.79 Å². The van der Waals surface area contributed by atoms with E-state index in [4.69, 9.17) is 25.8 Å². The zero-order valence-electron chi connectivity index (χ0n) is 22.9. The van der Waals surface area contributed by atoms with Crippen molar-refractivity contribution in [2.24, 2.45) is 0 Å². The van der Waals surface area contributed by atoms with E-state index in [1.165, 1.54) is 48.5 Å². The van der Waals surface area contributed by atoms with E-state index in [9.17, 15) is 9.59 Å². The fraction of sp³-hybridized carbons (Fsp3) is 0.212. The van der Waals surface area contributed by atoms with Gasteiger partial charge in [-0.2, -0.15) is 0 Å². The number of halogens is 1. The molecular formula is C33H30ClNO5S. The molecule has 0 atom stereocenters. The smallest absolute Gasteiger partial charge is 0.341 e. The van der Waals surface area contributed by atoms with Gasteiger partial charge in [0.15, 0.2) is 11.5 Å². The minimum atomic E-state index is -0.489. The lowest BCUT2D eigenvalue weighted by Crippen LogP contribution is -2.11. The Labute approximate surface area is 248 Å². The Bertz CT molecular complexity index is 1590. The van der Waals surface area contributed by atoms with Crippen LogP contribution in [0.25, 0.3) is 17.2 Å². The van der Waals surface area contributed by atoms with Crippen LogP contribution in [-0.4, -0.2) is 26.1 Å². The van der Waals surface area contributed by atoms with Crippen LogP contribution in [0.1, 0.15) is 45.5 Å². The number of hydrogen-bond acceptors (Lipinski definition) is 6. The van der Waals surface area contributed by atoms with Gasteiger partial charge in [0.05, 0.1) is 14.2 Å². The second-order valence-corrected chi connectivity index (χ2v) is 11.0. The second-order valence-electron chi connectivity index (χ2n) is 9.68. The maximum atomic E-state index is 12.9. The molecule has 1 amide bonds. The largest absolute Gasteiger partial charge is 0.493 e. The number of anilines is 1. The van der Waals surface area contributed by atoms with Crippen LogP contribution in [0.15, 0.2) is 72.1 Å². The van der Waals surface area contributed by atoms with Gasteiger partial charge in [0.2, 0.25) is 5.91 Å². The summed E-state index contributed by atoms with van der Waals surface area (Å²) in [4.78, 5) is 25.7. The van der Waals surface area contributed by atoms with Gasteiger partial charge in [-0.15, -0.1) is 11.3 Å². The number of nitrogens with one attached hydrogen (secondary N) is 1. The number of rotatable bonds is 9. The van der Waals surface area contributed by atoms with E-state index >= 15 is 0 Å². The van der Waals surface area contributed by atoms with Gasteiger partial charge in [0, 0.05) is 22.0 Å². The number of esters is 1. The molecule has 0 bridgehead atoms. The minimum Gasteiger partial charge on any atom is -0.493 e. The number of benzene rings is 3. The van der Waals surface area contributed by atoms with Crippen LogP contribution in [0.2, 0.25) is 5.02 Å². The average molecular weight is 588 g/mol. The molecule has 0 saturated carbocycles. The van der Waals surface area contributed by atoms with E-state index in [0.717, 1.165) is 35.1 Å². The lowest BCUT2D eigenvalue weighted by molar-refractivity contribution is -0.111. The van der Waals surface area contributed by atoms with Crippen LogP contribution in [0.5, 0.6) is 11.5 Å². The molecule has 5 rings (SSSR count). The number of ether oxygens (including phenoxy) is 3. The standard InChI is InChI=1S/C33H30ClNO5S/c1-38-29-17-21(9-15-28(29)40-19-22-7-13-26(34)14-8-22)10-16-30(36)35-32-31(33(37)39-2)27(20-41-32)25-12-11-23-5-3-4-6-24(23)18-25/h7-18,20H,3-6,19H2,1-2H3,(H,35,36)/b16-10+. The Morgan fingerprint density at radius 1 is 0.951 bits per heavy atom. The Hall–Kier alpha value is -4.07. The first-order valence-electron chi connectivity index (χ1n) is 13.3. The highest BCUT2D eigenvalue weighted by Gasteiger charge is 2.23. The molecule has 1 aromatic heterocycles. The first-order valence-corrected chi connectivity index (χ1v) is 14.6. The van der Waals surface area contributed by atoms with Gasteiger partial charge >= 0.3 is 5.97 Å². The molecule has 0 spiro atoms. The number of aryl methyl sites for hydroxylation is 2. The van der Waals surface area contributed by atoms with Gasteiger partial charge in [-0.25, -0.2) is 4.79 Å². The number of thiophene rings is 1. The molecule has 210 valence electrons. The van der Waals surface area contributed by atoms with Crippen molar-refractivity contribution in [3.05, 3.63) is 105 Å². The third-order valence-electron chi connectivity index (χ3n) is 7.00. The van der Waals surface area contributed by atoms with E-state index in [1.54, 1.807) is 25.3 Å². The lowest BCUT2D eigenvalue weighted by atomic mass is 9.89. The van der Waals surface area contributed by atoms with Crippen molar-refractivity contribution in [2.45, 2.75) is 32.3 Å². The molecule has 6 nitrogen and oxygen atoms in total. The highest BCUT2D eigenvalue weighted by molar-refractivity contribution is 7.15. The fourth-order valence-electron chi connectivity index (χ4n) is 4.84. The summed E-state index contributed by atoms with van der Waals surface area (Å²) in [5, 5.41) is 5.87. The number of carbonyl (C=O) groups is 2. The van der Waals surface area contributed by atoms with Crippen molar-refractivity contribution in [3.8, 4) is 22.6 Å². The average Bonchev–Trinajstić information content (AvgIpc) is 3.42. The number of methoxy groups -OCH3 is 2. The summed E-state index contributed by atoms with van der Waals surface area (Å²) in [5.74, 6) is 0.274. The summed E-state index contributed by atoms with van der Waals surface area (Å²) in [7, 11) is 2.91. The van der Waals surface area contributed by atoms with Gasteiger partial charge in [-0.1, -0.05) is 48.0 Å². The van der Waals surface area contributed by atoms with Crippen LogP contribution < -0.4 is 14.8 Å². The molecule has 1 heterocycles. The number of carbonyl (C=O) groups excluding carboxylic acids is 2. The molecule has 4 aromatic rings. The lowest BCUT2D eigenvalue weighted by Gasteiger charge is -2.16. The topological polar surface area (TPSA) is 73.9 Å². The number of hydrogen-bond donors (Lipinski definition) is 1. The predicted molar refractivity (Wildman–Crippen MR) is 164 cm³/mol. The molecule has 1 aliphatic rings. The SMILES string of the molecule is COC(=O)c1c(-c2ccc3c(c2)CCCC3)csc1NC(=O)/C=C/c1ccc(OCc2ccc(Cl)cc2)c(OC)c1. The summed E-state index contributed by atoms with van der Waals surface area (Å²) in [6.45, 7) is 0.363. The molecule has 1 aliphatic carbocycles. The van der Waals surface area contributed by atoms with Crippen LogP contribution in [-0.2, 0) is 29.0 Å². The van der Waals surface area contributed by atoms with Gasteiger partial charge in [0.25, 0.3) is 0 Å². The summed E-state index contributed by atoms with van der Waals surface area (Å²) >= 11 is 7.26. The van der Waals surface area contributed by atoms with Crippen molar-refractivity contribution in [1.29, 1.82) is 0 Å². The molecule has 3 aromatic carbocycles. The molecule has 8 heteroatoms. The number of fused-ring (bicyclic) bond motifs is 1. The normalized spacial score (nSPS) is 12.6. The maximum absolute atomic E-state index is 12.9. The van der Waals surface area contributed by atoms with Crippen LogP contribution in [0, 0.1) is 0 Å². The molecule has 0 unspecified atom stereocenters. The predicted octanol–water partition coefficient (Wildman–Crippen LogP) is 7.97. The fourth-order valence-corrected chi connectivity index (χ4v) is 5.93. The van der Waals surface area contributed by atoms with Crippen molar-refractivity contribution in [1.82, 2.24) is 0 Å². The van der Waals surface area contributed by atoms with Gasteiger partial charge in [-0.05, 0) is 83.8 Å². The van der Waals surface area contributed by atoms with E-state index in [1.807, 2.05) is 41.8 Å². The van der Waals surface area contributed by atoms with Gasteiger partial charge in [0.1, 0.15) is 17.2 Å².